The van der Waals surface area contributed by atoms with Crippen LogP contribution in [-0.4, -0.2) is 22.2 Å². The Labute approximate surface area is 131 Å². The molecule has 0 saturated heterocycles. The van der Waals surface area contributed by atoms with E-state index in [1.54, 1.807) is 0 Å². The second kappa shape index (κ2) is 7.33. The molecule has 1 N–H and O–H groups in total. The second-order valence-electron chi connectivity index (χ2n) is 6.09. The summed E-state index contributed by atoms with van der Waals surface area (Å²) in [6, 6.07) is 14.8. The van der Waals surface area contributed by atoms with Gasteiger partial charge in [-0.2, -0.15) is 11.8 Å². The average Bonchev–Trinajstić information content (AvgIpc) is 2.54. The van der Waals surface area contributed by atoms with Gasteiger partial charge in [0, 0.05) is 11.0 Å². The van der Waals surface area contributed by atoms with E-state index >= 15 is 0 Å². The van der Waals surface area contributed by atoms with Crippen molar-refractivity contribution in [2.75, 3.05) is 5.75 Å². The number of benzene rings is 2. The monoisotopic (exact) mass is 300 g/mol. The largest absolute Gasteiger partial charge is 0.392 e. The molecular formula is C19H24OS. The Bertz CT molecular complexity index is 569. The molecule has 0 radical (unpaired) electrons. The van der Waals surface area contributed by atoms with Crippen molar-refractivity contribution in [3.63, 3.8) is 0 Å². The number of thioether (sulfide) groups is 1. The first-order valence-electron chi connectivity index (χ1n) is 8.09. The third-order valence-corrected chi connectivity index (χ3v) is 5.93. The van der Waals surface area contributed by atoms with Crippen molar-refractivity contribution >= 4 is 22.5 Å². The van der Waals surface area contributed by atoms with E-state index in [9.17, 15) is 5.11 Å². The van der Waals surface area contributed by atoms with Crippen LogP contribution in [0.25, 0.3) is 10.8 Å². The minimum Gasteiger partial charge on any atom is -0.392 e. The van der Waals surface area contributed by atoms with Crippen LogP contribution in [0.3, 0.4) is 0 Å². The molecule has 0 amide bonds. The van der Waals surface area contributed by atoms with Crippen molar-refractivity contribution in [2.45, 2.75) is 49.9 Å². The molecule has 3 rings (SSSR count). The van der Waals surface area contributed by atoms with Gasteiger partial charge in [-0.25, -0.2) is 0 Å². The summed E-state index contributed by atoms with van der Waals surface area (Å²) in [6.45, 7) is 0. The number of fused-ring (bicyclic) bond motifs is 1. The Balaban J connectivity index is 1.59. The van der Waals surface area contributed by atoms with Crippen LogP contribution in [-0.2, 0) is 6.42 Å². The summed E-state index contributed by atoms with van der Waals surface area (Å²) < 4.78 is 0. The van der Waals surface area contributed by atoms with Gasteiger partial charge in [0.05, 0.1) is 6.10 Å². The standard InChI is InChI=1S/C19H24OS/c20-17(14-21-18-10-2-1-3-11-18)13-16-9-6-8-15-7-4-5-12-19(15)16/h4-9,12,17-18,20H,1-3,10-11,13-14H2. The van der Waals surface area contributed by atoms with Gasteiger partial charge in [0.1, 0.15) is 0 Å². The maximum atomic E-state index is 10.4. The van der Waals surface area contributed by atoms with Gasteiger partial charge >= 0.3 is 0 Å². The summed E-state index contributed by atoms with van der Waals surface area (Å²) in [7, 11) is 0. The first-order chi connectivity index (χ1) is 10.3. The van der Waals surface area contributed by atoms with E-state index in [1.165, 1.54) is 48.4 Å². The van der Waals surface area contributed by atoms with Gasteiger partial charge in [0.25, 0.3) is 0 Å². The van der Waals surface area contributed by atoms with Crippen LogP contribution < -0.4 is 0 Å². The van der Waals surface area contributed by atoms with E-state index < -0.39 is 0 Å². The van der Waals surface area contributed by atoms with Gasteiger partial charge in [0.2, 0.25) is 0 Å². The van der Waals surface area contributed by atoms with Gasteiger partial charge in [0.15, 0.2) is 0 Å². The summed E-state index contributed by atoms with van der Waals surface area (Å²) in [5.74, 6) is 0.869. The lowest BCUT2D eigenvalue weighted by Gasteiger charge is -2.22. The zero-order valence-electron chi connectivity index (χ0n) is 12.5. The fourth-order valence-electron chi connectivity index (χ4n) is 3.26. The molecule has 2 aromatic rings. The number of hydrogen-bond donors (Lipinski definition) is 1. The van der Waals surface area contributed by atoms with Crippen LogP contribution in [0.2, 0.25) is 0 Å². The SMILES string of the molecule is OC(CSC1CCCCC1)Cc1cccc2ccccc12. The van der Waals surface area contributed by atoms with Crippen LogP contribution in [0.1, 0.15) is 37.7 Å². The molecule has 1 fully saturated rings. The molecular weight excluding hydrogens is 276 g/mol. The topological polar surface area (TPSA) is 20.2 Å². The Morgan fingerprint density at radius 3 is 2.62 bits per heavy atom. The molecule has 0 heterocycles. The molecule has 21 heavy (non-hydrogen) atoms. The van der Waals surface area contributed by atoms with Crippen LogP contribution >= 0.6 is 11.8 Å². The van der Waals surface area contributed by atoms with Gasteiger partial charge in [-0.1, -0.05) is 61.7 Å². The third kappa shape index (κ3) is 4.02. The first-order valence-corrected chi connectivity index (χ1v) is 9.14. The molecule has 0 bridgehead atoms. The smallest absolute Gasteiger partial charge is 0.0671 e. The average molecular weight is 300 g/mol. The molecule has 0 spiro atoms. The Hall–Kier alpha value is -0.990. The molecule has 2 heteroatoms. The minimum atomic E-state index is -0.234. The molecule has 112 valence electrons. The fraction of sp³-hybridized carbons (Fsp3) is 0.474. The number of aliphatic hydroxyl groups is 1. The van der Waals surface area contributed by atoms with Crippen molar-refractivity contribution in [1.29, 1.82) is 0 Å². The highest BCUT2D eigenvalue weighted by atomic mass is 32.2. The Morgan fingerprint density at radius 2 is 1.76 bits per heavy atom. The van der Waals surface area contributed by atoms with Crippen molar-refractivity contribution < 1.29 is 5.11 Å². The number of hydrogen-bond acceptors (Lipinski definition) is 2. The summed E-state index contributed by atoms with van der Waals surface area (Å²) in [5, 5.41) is 13.7. The summed E-state index contributed by atoms with van der Waals surface area (Å²) in [4.78, 5) is 0. The predicted octanol–water partition coefficient (Wildman–Crippen LogP) is 4.81. The molecule has 1 atom stereocenters. The molecule has 1 unspecified atom stereocenters. The van der Waals surface area contributed by atoms with Crippen LogP contribution in [0.4, 0.5) is 0 Å². The van der Waals surface area contributed by atoms with Crippen molar-refractivity contribution in [1.82, 2.24) is 0 Å². The van der Waals surface area contributed by atoms with E-state index in [0.29, 0.717) is 0 Å². The van der Waals surface area contributed by atoms with E-state index in [4.69, 9.17) is 0 Å². The lowest BCUT2D eigenvalue weighted by molar-refractivity contribution is 0.200. The van der Waals surface area contributed by atoms with E-state index in [0.717, 1.165) is 17.4 Å². The lowest BCUT2D eigenvalue weighted by atomic mass is 10.0. The molecule has 1 aliphatic carbocycles. The van der Waals surface area contributed by atoms with Gasteiger partial charge in [-0.15, -0.1) is 0 Å². The molecule has 1 nitrogen and oxygen atoms in total. The Morgan fingerprint density at radius 1 is 1.00 bits per heavy atom. The fourth-order valence-corrected chi connectivity index (χ4v) is 4.54. The van der Waals surface area contributed by atoms with Crippen LogP contribution in [0.5, 0.6) is 0 Å². The second-order valence-corrected chi connectivity index (χ2v) is 7.42. The maximum Gasteiger partial charge on any atom is 0.0671 e. The van der Waals surface area contributed by atoms with Crippen molar-refractivity contribution in [3.8, 4) is 0 Å². The summed E-state index contributed by atoms with van der Waals surface area (Å²) >= 11 is 1.98. The first kappa shape index (κ1) is 14.9. The minimum absolute atomic E-state index is 0.234. The summed E-state index contributed by atoms with van der Waals surface area (Å²) in [6.07, 6.45) is 7.35. The van der Waals surface area contributed by atoms with Gasteiger partial charge < -0.3 is 5.11 Å². The van der Waals surface area contributed by atoms with Crippen molar-refractivity contribution in [2.24, 2.45) is 0 Å². The zero-order chi connectivity index (χ0) is 14.5. The highest BCUT2D eigenvalue weighted by Crippen LogP contribution is 2.29. The van der Waals surface area contributed by atoms with Gasteiger partial charge in [-0.3, -0.25) is 0 Å². The van der Waals surface area contributed by atoms with E-state index in [2.05, 4.69) is 42.5 Å². The normalized spacial score (nSPS) is 18.0. The third-order valence-electron chi connectivity index (χ3n) is 4.41. The quantitative estimate of drug-likeness (QED) is 0.855. The van der Waals surface area contributed by atoms with E-state index in [-0.39, 0.29) is 6.10 Å². The summed E-state index contributed by atoms with van der Waals surface area (Å²) in [5.41, 5.74) is 1.27. The van der Waals surface area contributed by atoms with E-state index in [1.807, 2.05) is 11.8 Å². The lowest BCUT2D eigenvalue weighted by Crippen LogP contribution is -2.17. The van der Waals surface area contributed by atoms with Gasteiger partial charge in [-0.05, 0) is 35.6 Å². The van der Waals surface area contributed by atoms with Crippen LogP contribution in [0.15, 0.2) is 42.5 Å². The van der Waals surface area contributed by atoms with Crippen LogP contribution in [0, 0.1) is 0 Å². The Kier molecular flexibility index (Phi) is 5.21. The predicted molar refractivity (Wildman–Crippen MR) is 93.0 cm³/mol. The molecule has 0 aliphatic heterocycles. The molecule has 2 aromatic carbocycles. The molecule has 1 saturated carbocycles. The number of rotatable bonds is 5. The highest BCUT2D eigenvalue weighted by molar-refractivity contribution is 7.99. The molecule has 1 aliphatic rings. The zero-order valence-corrected chi connectivity index (χ0v) is 13.3. The molecule has 0 aromatic heterocycles. The van der Waals surface area contributed by atoms with Crippen molar-refractivity contribution in [3.05, 3.63) is 48.0 Å². The number of aliphatic hydroxyl groups excluding tert-OH is 1. The maximum absolute atomic E-state index is 10.4. The highest BCUT2D eigenvalue weighted by Gasteiger charge is 2.16.